The largest absolute Gasteiger partial charge is 0.385 e. The summed E-state index contributed by atoms with van der Waals surface area (Å²) in [5.74, 6) is -0.278. The number of halogens is 1. The van der Waals surface area contributed by atoms with Gasteiger partial charge in [0.25, 0.3) is 0 Å². The zero-order valence-corrected chi connectivity index (χ0v) is 11.2. The molecule has 0 amide bonds. The van der Waals surface area contributed by atoms with Gasteiger partial charge in [-0.15, -0.1) is 0 Å². The third-order valence-corrected chi connectivity index (χ3v) is 3.61. The highest BCUT2D eigenvalue weighted by Crippen LogP contribution is 2.28. The summed E-state index contributed by atoms with van der Waals surface area (Å²) < 4.78 is 13.2. The Kier molecular flexibility index (Phi) is 3.07. The Morgan fingerprint density at radius 1 is 1.15 bits per heavy atom. The molecule has 0 aliphatic rings. The third-order valence-electron chi connectivity index (χ3n) is 3.61. The quantitative estimate of drug-likeness (QED) is 0.746. The number of rotatable bonds is 3. The topological polar surface area (TPSA) is 36.0 Å². The summed E-state index contributed by atoms with van der Waals surface area (Å²) in [6.45, 7) is 1.76. The van der Waals surface area contributed by atoms with Gasteiger partial charge >= 0.3 is 0 Å². The summed E-state index contributed by atoms with van der Waals surface area (Å²) in [5.41, 5.74) is 1.62. The molecule has 20 heavy (non-hydrogen) atoms. The van der Waals surface area contributed by atoms with E-state index in [1.807, 2.05) is 36.5 Å². The van der Waals surface area contributed by atoms with Crippen LogP contribution in [0.2, 0.25) is 0 Å². The Hall–Kier alpha value is -2.13. The van der Waals surface area contributed by atoms with E-state index < -0.39 is 5.60 Å². The predicted octanol–water partition coefficient (Wildman–Crippen LogP) is 3.76. The molecule has 0 aliphatic carbocycles. The first kappa shape index (κ1) is 12.9. The van der Waals surface area contributed by atoms with Crippen molar-refractivity contribution in [3.8, 4) is 0 Å². The molecule has 1 heterocycles. The number of nitrogens with one attached hydrogen (secondary N) is 1. The van der Waals surface area contributed by atoms with Gasteiger partial charge in [-0.3, -0.25) is 0 Å². The number of benzene rings is 2. The minimum Gasteiger partial charge on any atom is -0.385 e. The maximum atomic E-state index is 13.2. The van der Waals surface area contributed by atoms with Crippen molar-refractivity contribution in [1.82, 2.24) is 4.98 Å². The van der Waals surface area contributed by atoms with Gasteiger partial charge in [0, 0.05) is 18.1 Å². The molecule has 3 rings (SSSR count). The number of hydrogen-bond acceptors (Lipinski definition) is 1. The fourth-order valence-corrected chi connectivity index (χ4v) is 2.53. The molecule has 1 unspecified atom stereocenters. The first-order valence-electron chi connectivity index (χ1n) is 6.59. The molecule has 0 saturated heterocycles. The molecule has 0 aliphatic heterocycles. The maximum Gasteiger partial charge on any atom is 0.123 e. The van der Waals surface area contributed by atoms with Gasteiger partial charge in [0.05, 0.1) is 5.60 Å². The van der Waals surface area contributed by atoms with E-state index in [9.17, 15) is 9.50 Å². The summed E-state index contributed by atoms with van der Waals surface area (Å²) >= 11 is 0. The molecule has 2 N–H and O–H groups in total. The molecule has 0 bridgehead atoms. The smallest absolute Gasteiger partial charge is 0.123 e. The van der Waals surface area contributed by atoms with E-state index in [0.717, 1.165) is 22.0 Å². The molecule has 3 aromatic rings. The Balaban J connectivity index is 1.93. The van der Waals surface area contributed by atoms with Crippen molar-refractivity contribution in [2.75, 3.05) is 0 Å². The van der Waals surface area contributed by atoms with Crippen LogP contribution in [-0.2, 0) is 12.0 Å². The van der Waals surface area contributed by atoms with Gasteiger partial charge in [0.2, 0.25) is 0 Å². The lowest BCUT2D eigenvalue weighted by molar-refractivity contribution is 0.0577. The van der Waals surface area contributed by atoms with Crippen LogP contribution in [0.4, 0.5) is 4.39 Å². The zero-order chi connectivity index (χ0) is 14.2. The summed E-state index contributed by atoms with van der Waals surface area (Å²) in [4.78, 5) is 3.12. The molecule has 2 nitrogen and oxygen atoms in total. The van der Waals surface area contributed by atoms with Crippen molar-refractivity contribution in [3.63, 3.8) is 0 Å². The molecule has 0 radical (unpaired) electrons. The van der Waals surface area contributed by atoms with Crippen LogP contribution < -0.4 is 0 Å². The summed E-state index contributed by atoms with van der Waals surface area (Å²) in [6, 6.07) is 14.1. The van der Waals surface area contributed by atoms with Crippen molar-refractivity contribution >= 4 is 10.9 Å². The maximum absolute atomic E-state index is 13.2. The van der Waals surface area contributed by atoms with Crippen molar-refractivity contribution in [2.45, 2.75) is 18.9 Å². The monoisotopic (exact) mass is 269 g/mol. The number of aromatic nitrogens is 1. The Morgan fingerprint density at radius 3 is 2.80 bits per heavy atom. The van der Waals surface area contributed by atoms with Gasteiger partial charge in [-0.2, -0.15) is 0 Å². The lowest BCUT2D eigenvalue weighted by atomic mass is 9.88. The molecule has 3 heteroatoms. The second kappa shape index (κ2) is 4.76. The van der Waals surface area contributed by atoms with Crippen LogP contribution in [0.5, 0.6) is 0 Å². The second-order valence-electron chi connectivity index (χ2n) is 5.36. The first-order chi connectivity index (χ1) is 9.54. The number of fused-ring (bicyclic) bond motifs is 1. The highest BCUT2D eigenvalue weighted by molar-refractivity contribution is 5.80. The van der Waals surface area contributed by atoms with Gasteiger partial charge in [-0.1, -0.05) is 18.2 Å². The van der Waals surface area contributed by atoms with E-state index in [0.29, 0.717) is 6.42 Å². The molecular weight excluding hydrogens is 253 g/mol. The van der Waals surface area contributed by atoms with E-state index >= 15 is 0 Å². The molecule has 0 fully saturated rings. The number of hydrogen-bond donors (Lipinski definition) is 2. The fourth-order valence-electron chi connectivity index (χ4n) is 2.53. The lowest BCUT2D eigenvalue weighted by Crippen LogP contribution is -2.24. The molecule has 2 aromatic carbocycles. The molecule has 0 saturated carbocycles. The SMILES string of the molecule is CC(O)(Cc1cccc(F)c1)c1ccc2[nH]ccc2c1. The molecule has 0 spiro atoms. The minimum absolute atomic E-state index is 0.278. The van der Waals surface area contributed by atoms with Crippen LogP contribution in [0.15, 0.2) is 54.7 Å². The lowest BCUT2D eigenvalue weighted by Gasteiger charge is -2.24. The van der Waals surface area contributed by atoms with Crippen LogP contribution in [0.25, 0.3) is 10.9 Å². The van der Waals surface area contributed by atoms with Gasteiger partial charge in [-0.05, 0) is 53.8 Å². The number of aliphatic hydroxyl groups is 1. The van der Waals surface area contributed by atoms with E-state index in [1.165, 1.54) is 12.1 Å². The van der Waals surface area contributed by atoms with Crippen LogP contribution in [0, 0.1) is 5.82 Å². The standard InChI is InChI=1S/C17H16FNO/c1-17(20,11-12-3-2-4-15(18)9-12)14-5-6-16-13(10-14)7-8-19-16/h2-10,19-20H,11H2,1H3. The van der Waals surface area contributed by atoms with Gasteiger partial charge in [0.15, 0.2) is 0 Å². The van der Waals surface area contributed by atoms with Crippen LogP contribution >= 0.6 is 0 Å². The number of aromatic amines is 1. The summed E-state index contributed by atoms with van der Waals surface area (Å²) in [6.07, 6.45) is 2.25. The summed E-state index contributed by atoms with van der Waals surface area (Å²) in [5, 5.41) is 11.8. The second-order valence-corrected chi connectivity index (χ2v) is 5.36. The van der Waals surface area contributed by atoms with Gasteiger partial charge < -0.3 is 10.1 Å². The Bertz CT molecular complexity index is 745. The van der Waals surface area contributed by atoms with Gasteiger partial charge in [-0.25, -0.2) is 4.39 Å². The normalized spacial score (nSPS) is 14.3. The predicted molar refractivity (Wildman–Crippen MR) is 78.0 cm³/mol. The van der Waals surface area contributed by atoms with E-state index in [4.69, 9.17) is 0 Å². The van der Waals surface area contributed by atoms with Crippen molar-refractivity contribution < 1.29 is 9.50 Å². The summed E-state index contributed by atoms with van der Waals surface area (Å²) in [7, 11) is 0. The molecule has 1 atom stereocenters. The average Bonchev–Trinajstić information content (AvgIpc) is 2.85. The van der Waals surface area contributed by atoms with E-state index in [1.54, 1.807) is 13.0 Å². The first-order valence-corrected chi connectivity index (χ1v) is 6.59. The highest BCUT2D eigenvalue weighted by Gasteiger charge is 2.24. The highest BCUT2D eigenvalue weighted by atomic mass is 19.1. The van der Waals surface area contributed by atoms with Crippen molar-refractivity contribution in [1.29, 1.82) is 0 Å². The minimum atomic E-state index is -1.03. The van der Waals surface area contributed by atoms with Gasteiger partial charge in [0.1, 0.15) is 5.82 Å². The van der Waals surface area contributed by atoms with Crippen LogP contribution in [0.1, 0.15) is 18.1 Å². The number of H-pyrrole nitrogens is 1. The van der Waals surface area contributed by atoms with E-state index in [2.05, 4.69) is 4.98 Å². The zero-order valence-electron chi connectivity index (χ0n) is 11.2. The molecule has 1 aromatic heterocycles. The van der Waals surface area contributed by atoms with Crippen molar-refractivity contribution in [2.24, 2.45) is 0 Å². The third kappa shape index (κ3) is 2.45. The van der Waals surface area contributed by atoms with E-state index in [-0.39, 0.29) is 5.82 Å². The van der Waals surface area contributed by atoms with Crippen LogP contribution in [-0.4, -0.2) is 10.1 Å². The molecular formula is C17H16FNO. The Labute approximate surface area is 116 Å². The van der Waals surface area contributed by atoms with Crippen molar-refractivity contribution in [3.05, 3.63) is 71.7 Å². The average molecular weight is 269 g/mol. The molecule has 102 valence electrons. The fraction of sp³-hybridized carbons (Fsp3) is 0.176. The Morgan fingerprint density at radius 2 is 2.00 bits per heavy atom. The van der Waals surface area contributed by atoms with Crippen LogP contribution in [0.3, 0.4) is 0 Å².